The highest BCUT2D eigenvalue weighted by Crippen LogP contribution is 2.06. The van der Waals surface area contributed by atoms with Crippen LogP contribution in [0.2, 0.25) is 0 Å². The van der Waals surface area contributed by atoms with Gasteiger partial charge in [-0.25, -0.2) is 12.7 Å². The Hall–Kier alpha value is -0.170. The zero-order valence-corrected chi connectivity index (χ0v) is 10.9. The third-order valence-electron chi connectivity index (χ3n) is 2.35. The minimum atomic E-state index is -3.20. The summed E-state index contributed by atoms with van der Waals surface area (Å²) in [7, 11) is 2.35. The van der Waals surface area contributed by atoms with E-state index in [9.17, 15) is 8.42 Å². The molecule has 0 rings (SSSR count). The number of sulfonamides is 1. The van der Waals surface area contributed by atoms with Crippen LogP contribution in [0.4, 0.5) is 0 Å². The van der Waals surface area contributed by atoms with Gasteiger partial charge in [0.1, 0.15) is 0 Å². The molecule has 0 aliphatic rings. The molecule has 1 unspecified atom stereocenters. The van der Waals surface area contributed by atoms with E-state index in [2.05, 4.69) is 0 Å². The second kappa shape index (κ2) is 6.42. The van der Waals surface area contributed by atoms with Crippen LogP contribution >= 0.6 is 0 Å². The molecule has 0 bridgehead atoms. The molecular formula is C9H23N3O2S. The van der Waals surface area contributed by atoms with E-state index in [1.54, 1.807) is 14.0 Å². The lowest BCUT2D eigenvalue weighted by Crippen LogP contribution is -2.39. The van der Waals surface area contributed by atoms with E-state index in [0.29, 0.717) is 6.54 Å². The molecular weight excluding hydrogens is 214 g/mol. The highest BCUT2D eigenvalue weighted by molar-refractivity contribution is 7.89. The van der Waals surface area contributed by atoms with Gasteiger partial charge in [0.05, 0.1) is 5.25 Å². The summed E-state index contributed by atoms with van der Waals surface area (Å²) in [4.78, 5) is 2.03. The average molecular weight is 237 g/mol. The Morgan fingerprint density at radius 1 is 1.20 bits per heavy atom. The molecule has 0 aliphatic heterocycles. The fourth-order valence-corrected chi connectivity index (χ4v) is 2.41. The molecule has 0 amide bonds. The highest BCUT2D eigenvalue weighted by Gasteiger charge is 2.23. The van der Waals surface area contributed by atoms with Crippen molar-refractivity contribution in [3.63, 3.8) is 0 Å². The first-order valence-electron chi connectivity index (χ1n) is 5.12. The summed E-state index contributed by atoms with van der Waals surface area (Å²) < 4.78 is 24.9. The Labute approximate surface area is 93.3 Å². The smallest absolute Gasteiger partial charge is 0.217 e. The van der Waals surface area contributed by atoms with Gasteiger partial charge >= 0.3 is 0 Å². The third-order valence-corrected chi connectivity index (χ3v) is 4.61. The lowest BCUT2D eigenvalue weighted by molar-refractivity contribution is 0.369. The van der Waals surface area contributed by atoms with Crippen molar-refractivity contribution < 1.29 is 8.42 Å². The lowest BCUT2D eigenvalue weighted by Gasteiger charge is -2.21. The fraction of sp³-hybridized carbons (Fsp3) is 1.00. The summed E-state index contributed by atoms with van der Waals surface area (Å²) in [6.07, 6.45) is 0.833. The van der Waals surface area contributed by atoms with Crippen molar-refractivity contribution in [2.24, 2.45) is 5.73 Å². The predicted octanol–water partition coefficient (Wildman–Crippen LogP) is -0.453. The van der Waals surface area contributed by atoms with Crippen molar-refractivity contribution in [3.05, 3.63) is 0 Å². The number of nitrogens with zero attached hydrogens (tertiary/aromatic N) is 2. The van der Waals surface area contributed by atoms with Crippen LogP contribution in [0.15, 0.2) is 0 Å². The fourth-order valence-electron chi connectivity index (χ4n) is 1.17. The molecule has 92 valence electrons. The van der Waals surface area contributed by atoms with Crippen molar-refractivity contribution in [2.45, 2.75) is 18.6 Å². The van der Waals surface area contributed by atoms with E-state index in [0.717, 1.165) is 13.0 Å². The molecule has 0 fully saturated rings. The van der Waals surface area contributed by atoms with Crippen LogP contribution in [-0.2, 0) is 10.0 Å². The molecule has 0 saturated carbocycles. The van der Waals surface area contributed by atoms with Crippen molar-refractivity contribution in [2.75, 3.05) is 40.8 Å². The molecule has 0 spiro atoms. The average Bonchev–Trinajstić information content (AvgIpc) is 2.15. The summed E-state index contributed by atoms with van der Waals surface area (Å²) >= 11 is 0. The maximum atomic E-state index is 11.8. The molecule has 0 aromatic carbocycles. The zero-order chi connectivity index (χ0) is 12.1. The van der Waals surface area contributed by atoms with Crippen LogP contribution in [0.5, 0.6) is 0 Å². The van der Waals surface area contributed by atoms with Crippen LogP contribution in [0, 0.1) is 0 Å². The van der Waals surface area contributed by atoms with Gasteiger partial charge in [0.15, 0.2) is 0 Å². The van der Waals surface area contributed by atoms with Gasteiger partial charge in [0.25, 0.3) is 0 Å². The Balaban J connectivity index is 4.15. The molecule has 0 aromatic heterocycles. The maximum Gasteiger partial charge on any atom is 0.217 e. The molecule has 0 heterocycles. The Morgan fingerprint density at radius 3 is 2.13 bits per heavy atom. The Kier molecular flexibility index (Phi) is 6.35. The summed E-state index contributed by atoms with van der Waals surface area (Å²) in [5, 5.41) is -0.498. The molecule has 0 aromatic rings. The molecule has 2 N–H and O–H groups in total. The van der Waals surface area contributed by atoms with Crippen LogP contribution in [0.25, 0.3) is 0 Å². The number of hydrogen-bond donors (Lipinski definition) is 1. The lowest BCUT2D eigenvalue weighted by atomic mass is 10.4. The number of nitrogens with two attached hydrogens (primary N) is 1. The number of rotatable bonds is 7. The monoisotopic (exact) mass is 237 g/mol. The van der Waals surface area contributed by atoms with Gasteiger partial charge in [-0.15, -0.1) is 0 Å². The second-order valence-electron chi connectivity index (χ2n) is 4.07. The first-order valence-corrected chi connectivity index (χ1v) is 6.62. The highest BCUT2D eigenvalue weighted by atomic mass is 32.2. The van der Waals surface area contributed by atoms with Crippen molar-refractivity contribution in [3.8, 4) is 0 Å². The van der Waals surface area contributed by atoms with Gasteiger partial charge in [0, 0.05) is 20.1 Å². The summed E-state index contributed by atoms with van der Waals surface area (Å²) in [5.41, 5.74) is 5.36. The van der Waals surface area contributed by atoms with Crippen molar-refractivity contribution in [1.29, 1.82) is 0 Å². The quantitative estimate of drug-likeness (QED) is 0.651. The van der Waals surface area contributed by atoms with Gasteiger partial charge in [-0.05, 0) is 34.0 Å². The van der Waals surface area contributed by atoms with Gasteiger partial charge in [0.2, 0.25) is 10.0 Å². The first-order chi connectivity index (χ1) is 6.82. The zero-order valence-electron chi connectivity index (χ0n) is 10.1. The SMILES string of the molecule is CC(CN)S(=O)(=O)N(C)CCCN(C)C. The predicted molar refractivity (Wildman–Crippen MR) is 63.2 cm³/mol. The van der Waals surface area contributed by atoms with Crippen LogP contribution < -0.4 is 5.73 Å². The van der Waals surface area contributed by atoms with Crippen LogP contribution in [0.3, 0.4) is 0 Å². The molecule has 6 heteroatoms. The molecule has 1 atom stereocenters. The second-order valence-corrected chi connectivity index (χ2v) is 6.53. The maximum absolute atomic E-state index is 11.8. The van der Waals surface area contributed by atoms with E-state index in [4.69, 9.17) is 5.73 Å². The van der Waals surface area contributed by atoms with Gasteiger partial charge in [-0.2, -0.15) is 0 Å². The van der Waals surface area contributed by atoms with Gasteiger partial charge in [-0.1, -0.05) is 0 Å². The molecule has 0 radical (unpaired) electrons. The van der Waals surface area contributed by atoms with Gasteiger partial charge in [-0.3, -0.25) is 0 Å². The van der Waals surface area contributed by atoms with E-state index < -0.39 is 15.3 Å². The number of hydrogen-bond acceptors (Lipinski definition) is 4. The molecule has 15 heavy (non-hydrogen) atoms. The minimum Gasteiger partial charge on any atom is -0.329 e. The standard InChI is InChI=1S/C9H23N3O2S/c1-9(8-10)15(13,14)12(4)7-5-6-11(2)3/h9H,5-8,10H2,1-4H3. The van der Waals surface area contributed by atoms with E-state index in [-0.39, 0.29) is 6.54 Å². The summed E-state index contributed by atoms with van der Waals surface area (Å²) in [6.45, 7) is 3.24. The van der Waals surface area contributed by atoms with E-state index in [1.807, 2.05) is 19.0 Å². The van der Waals surface area contributed by atoms with Crippen LogP contribution in [-0.4, -0.2) is 63.7 Å². The molecule has 0 aliphatic carbocycles. The third kappa shape index (κ3) is 4.92. The summed E-state index contributed by atoms with van der Waals surface area (Å²) in [6, 6.07) is 0. The first kappa shape index (κ1) is 14.8. The normalized spacial score (nSPS) is 14.9. The topological polar surface area (TPSA) is 66.6 Å². The minimum absolute atomic E-state index is 0.167. The largest absolute Gasteiger partial charge is 0.329 e. The summed E-state index contributed by atoms with van der Waals surface area (Å²) in [5.74, 6) is 0. The molecule has 5 nitrogen and oxygen atoms in total. The van der Waals surface area contributed by atoms with Crippen LogP contribution in [0.1, 0.15) is 13.3 Å². The Bertz CT molecular complexity index is 265. The Morgan fingerprint density at radius 2 is 1.73 bits per heavy atom. The van der Waals surface area contributed by atoms with E-state index in [1.165, 1.54) is 4.31 Å². The van der Waals surface area contributed by atoms with Crippen molar-refractivity contribution in [1.82, 2.24) is 9.21 Å². The molecule has 0 saturated heterocycles. The van der Waals surface area contributed by atoms with E-state index >= 15 is 0 Å². The van der Waals surface area contributed by atoms with Gasteiger partial charge < -0.3 is 10.6 Å². The van der Waals surface area contributed by atoms with Crippen molar-refractivity contribution >= 4 is 10.0 Å².